The lowest BCUT2D eigenvalue weighted by Crippen LogP contribution is -2.48. The normalized spacial score (nSPS) is 13.9. The standard InChI is InChI=1S/C40H43ClF3N7O5/c1-25(22-48(2)3)56-38-45-34-21-30(33(41)20-31(34)37(47-38)49-16-18-50(19-17-49)39(52)53)36-32(40(42,43)44)14-15-35(46-36)51(23-26-6-10-28(54-4)11-7-26)24-27-8-12-29(55-5)13-9-27/h6-15,20-21,25H,16-19,22-24H2,1-5H3,(H,52,53). The molecule has 0 radical (unpaired) electrons. The third-order valence-corrected chi connectivity index (χ3v) is 9.67. The van der Waals surface area contributed by atoms with Gasteiger partial charge in [-0.3, -0.25) is 0 Å². The molecule has 296 valence electrons. The van der Waals surface area contributed by atoms with Gasteiger partial charge in [0.25, 0.3) is 0 Å². The van der Waals surface area contributed by atoms with Crippen LogP contribution in [-0.4, -0.2) is 103 Å². The number of alkyl halides is 3. The first-order valence-electron chi connectivity index (χ1n) is 17.9. The molecular weight excluding hydrogens is 751 g/mol. The number of pyridine rings is 1. The molecule has 3 heterocycles. The monoisotopic (exact) mass is 793 g/mol. The highest BCUT2D eigenvalue weighted by molar-refractivity contribution is 6.34. The Labute approximate surface area is 328 Å². The number of hydrogen-bond acceptors (Lipinski definition) is 10. The van der Waals surface area contributed by atoms with Crippen molar-refractivity contribution in [1.82, 2.24) is 24.8 Å². The second kappa shape index (κ2) is 17.1. The van der Waals surface area contributed by atoms with E-state index in [-0.39, 0.29) is 52.8 Å². The molecular formula is C40H43ClF3N7O5. The minimum atomic E-state index is -4.77. The molecule has 1 N–H and O–H groups in total. The SMILES string of the molecule is COc1ccc(CN(Cc2ccc(OC)cc2)c2ccc(C(F)(F)F)c(-c3cc4nc(OC(C)CN(C)C)nc(N5CCN(C(=O)O)CC5)c4cc3Cl)n2)cc1. The molecule has 56 heavy (non-hydrogen) atoms. The Hall–Kier alpha value is -5.54. The molecule has 0 bridgehead atoms. The van der Waals surface area contributed by atoms with E-state index in [2.05, 4.69) is 4.98 Å². The molecule has 16 heteroatoms. The van der Waals surface area contributed by atoms with Crippen molar-refractivity contribution in [3.8, 4) is 28.8 Å². The Balaban J connectivity index is 1.47. The van der Waals surface area contributed by atoms with Crippen molar-refractivity contribution in [3.63, 3.8) is 0 Å². The summed E-state index contributed by atoms with van der Waals surface area (Å²) in [5.74, 6) is 2.07. The number of nitrogens with zero attached hydrogens (tertiary/aromatic N) is 7. The summed E-state index contributed by atoms with van der Waals surface area (Å²) in [4.78, 5) is 32.7. The zero-order chi connectivity index (χ0) is 40.1. The third-order valence-electron chi connectivity index (χ3n) is 9.35. The molecule has 1 aliphatic heterocycles. The van der Waals surface area contributed by atoms with Gasteiger partial charge in [-0.05, 0) is 80.7 Å². The summed E-state index contributed by atoms with van der Waals surface area (Å²) in [6, 6.07) is 20.3. The maximum absolute atomic E-state index is 14.8. The minimum Gasteiger partial charge on any atom is -0.497 e. The van der Waals surface area contributed by atoms with Crippen molar-refractivity contribution in [2.75, 3.05) is 70.8 Å². The van der Waals surface area contributed by atoms with Gasteiger partial charge in [0.15, 0.2) is 0 Å². The van der Waals surface area contributed by atoms with E-state index in [0.717, 1.165) is 17.2 Å². The fraction of sp³-hybridized carbons (Fsp3) is 0.350. The number of ether oxygens (including phenoxy) is 3. The van der Waals surface area contributed by atoms with Crippen molar-refractivity contribution < 1.29 is 37.3 Å². The summed E-state index contributed by atoms with van der Waals surface area (Å²) >= 11 is 6.92. The van der Waals surface area contributed by atoms with E-state index < -0.39 is 17.8 Å². The first-order chi connectivity index (χ1) is 26.7. The van der Waals surface area contributed by atoms with Gasteiger partial charge in [-0.15, -0.1) is 0 Å². The van der Waals surface area contributed by atoms with Gasteiger partial charge in [0, 0.05) is 56.8 Å². The molecule has 12 nitrogen and oxygen atoms in total. The fourth-order valence-electron chi connectivity index (χ4n) is 6.61. The molecule has 0 saturated carbocycles. The van der Waals surface area contributed by atoms with Gasteiger partial charge in [0.1, 0.15) is 29.2 Å². The number of likely N-dealkylation sites (N-methyl/N-ethyl adjacent to an activating group) is 1. The zero-order valence-corrected chi connectivity index (χ0v) is 32.4. The van der Waals surface area contributed by atoms with Gasteiger partial charge in [-0.1, -0.05) is 35.9 Å². The molecule has 2 aromatic heterocycles. The van der Waals surface area contributed by atoms with Crippen LogP contribution in [0.5, 0.6) is 17.5 Å². The average molecular weight is 794 g/mol. The van der Waals surface area contributed by atoms with Crippen LogP contribution in [0.3, 0.4) is 0 Å². The summed E-state index contributed by atoms with van der Waals surface area (Å²) in [5, 5.41) is 10.00. The Morgan fingerprint density at radius 2 is 1.46 bits per heavy atom. The van der Waals surface area contributed by atoms with E-state index in [4.69, 9.17) is 35.8 Å². The number of rotatable bonds is 13. The maximum Gasteiger partial charge on any atom is 0.418 e. The van der Waals surface area contributed by atoms with Crippen LogP contribution in [-0.2, 0) is 19.3 Å². The summed E-state index contributed by atoms with van der Waals surface area (Å²) in [5.41, 5.74) is 0.749. The van der Waals surface area contributed by atoms with E-state index in [1.54, 1.807) is 20.3 Å². The summed E-state index contributed by atoms with van der Waals surface area (Å²) in [6.07, 6.45) is -6.12. The number of anilines is 2. The lowest BCUT2D eigenvalue weighted by atomic mass is 10.0. The maximum atomic E-state index is 14.8. The van der Waals surface area contributed by atoms with Crippen LogP contribution in [0.4, 0.5) is 29.6 Å². The molecule has 0 spiro atoms. The van der Waals surface area contributed by atoms with E-state index in [9.17, 15) is 23.1 Å². The van der Waals surface area contributed by atoms with Crippen LogP contribution >= 0.6 is 11.6 Å². The van der Waals surface area contributed by atoms with Crippen LogP contribution in [0.1, 0.15) is 23.6 Å². The zero-order valence-electron chi connectivity index (χ0n) is 31.7. The predicted octanol–water partition coefficient (Wildman–Crippen LogP) is 7.72. The highest BCUT2D eigenvalue weighted by atomic mass is 35.5. The molecule has 1 unspecified atom stereocenters. The van der Waals surface area contributed by atoms with Crippen molar-refractivity contribution in [1.29, 1.82) is 0 Å². The molecule has 6 rings (SSSR count). The molecule has 1 aliphatic rings. The first kappa shape index (κ1) is 40.1. The minimum absolute atomic E-state index is 0.00757. The molecule has 1 saturated heterocycles. The first-order valence-corrected chi connectivity index (χ1v) is 18.2. The van der Waals surface area contributed by atoms with Gasteiger partial charge >= 0.3 is 18.3 Å². The summed E-state index contributed by atoms with van der Waals surface area (Å²) in [6.45, 7) is 4.16. The Morgan fingerprint density at radius 1 is 0.875 bits per heavy atom. The van der Waals surface area contributed by atoms with Gasteiger partial charge in [0.05, 0.1) is 36.0 Å². The van der Waals surface area contributed by atoms with Crippen LogP contribution in [0.2, 0.25) is 5.02 Å². The number of carboxylic acid groups (broad SMARTS) is 1. The number of aromatic nitrogens is 3. The van der Waals surface area contributed by atoms with Gasteiger partial charge in [-0.25, -0.2) is 9.78 Å². The number of benzene rings is 3. The number of amides is 1. The molecule has 1 amide bonds. The van der Waals surface area contributed by atoms with Crippen LogP contribution in [0.15, 0.2) is 72.8 Å². The summed E-state index contributed by atoms with van der Waals surface area (Å²) < 4.78 is 61.3. The van der Waals surface area contributed by atoms with E-state index >= 15 is 0 Å². The van der Waals surface area contributed by atoms with Crippen LogP contribution in [0, 0.1) is 0 Å². The number of hydrogen-bond donors (Lipinski definition) is 1. The van der Waals surface area contributed by atoms with E-state index in [1.165, 1.54) is 17.0 Å². The lowest BCUT2D eigenvalue weighted by Gasteiger charge is -2.34. The van der Waals surface area contributed by atoms with Crippen molar-refractivity contribution in [2.45, 2.75) is 32.3 Å². The highest BCUT2D eigenvalue weighted by Gasteiger charge is 2.36. The number of methoxy groups -OCH3 is 2. The molecule has 0 aliphatic carbocycles. The van der Waals surface area contributed by atoms with Crippen molar-refractivity contribution in [2.24, 2.45) is 0 Å². The third kappa shape index (κ3) is 9.45. The number of halogens is 4. The van der Waals surface area contributed by atoms with Crippen LogP contribution < -0.4 is 24.0 Å². The number of carbonyl (C=O) groups is 1. The second-order valence-corrected chi connectivity index (χ2v) is 14.1. The summed E-state index contributed by atoms with van der Waals surface area (Å²) in [7, 11) is 6.95. The Bertz CT molecular complexity index is 2100. The van der Waals surface area contributed by atoms with Gasteiger partial charge in [-0.2, -0.15) is 23.1 Å². The van der Waals surface area contributed by atoms with Crippen LogP contribution in [0.25, 0.3) is 22.2 Å². The Kier molecular flexibility index (Phi) is 12.2. The van der Waals surface area contributed by atoms with Gasteiger partial charge < -0.3 is 38.9 Å². The lowest BCUT2D eigenvalue weighted by molar-refractivity contribution is -0.137. The van der Waals surface area contributed by atoms with Gasteiger partial charge in [0.2, 0.25) is 0 Å². The average Bonchev–Trinajstić information content (AvgIpc) is 3.17. The second-order valence-electron chi connectivity index (χ2n) is 13.7. The number of fused-ring (bicyclic) bond motifs is 1. The largest absolute Gasteiger partial charge is 0.497 e. The fourth-order valence-corrected chi connectivity index (χ4v) is 6.86. The quantitative estimate of drug-likeness (QED) is 0.126. The molecule has 3 aromatic carbocycles. The molecule has 1 atom stereocenters. The topological polar surface area (TPSA) is 117 Å². The number of piperazine rings is 1. The smallest absolute Gasteiger partial charge is 0.418 e. The van der Waals surface area contributed by atoms with E-state index in [0.29, 0.717) is 55.4 Å². The van der Waals surface area contributed by atoms with Crippen molar-refractivity contribution in [3.05, 3.63) is 94.5 Å². The predicted molar refractivity (Wildman–Crippen MR) is 209 cm³/mol. The highest BCUT2D eigenvalue weighted by Crippen LogP contribution is 2.42. The molecule has 1 fully saturated rings. The molecule has 5 aromatic rings. The van der Waals surface area contributed by atoms with E-state index in [1.807, 2.05) is 84.2 Å². The van der Waals surface area contributed by atoms with Crippen molar-refractivity contribution >= 4 is 40.2 Å². The Morgan fingerprint density at radius 3 is 1.98 bits per heavy atom.